The molecule has 6 rings (SSSR count). The predicted octanol–water partition coefficient (Wildman–Crippen LogP) is 7.79. The summed E-state index contributed by atoms with van der Waals surface area (Å²) in [7, 11) is 1.70. The number of aromatic nitrogens is 2. The van der Waals surface area contributed by atoms with Crippen molar-refractivity contribution in [3.63, 3.8) is 0 Å². The second kappa shape index (κ2) is 8.45. The zero-order valence-corrected chi connectivity index (χ0v) is 18.8. The van der Waals surface area contributed by atoms with E-state index in [1.807, 2.05) is 36.5 Å². The normalized spacial score (nSPS) is 11.1. The molecule has 6 aromatic rings. The van der Waals surface area contributed by atoms with E-state index in [1.165, 1.54) is 5.56 Å². The summed E-state index contributed by atoms with van der Waals surface area (Å²) >= 11 is 0. The summed E-state index contributed by atoms with van der Waals surface area (Å²) in [5.74, 6) is 0.798. The van der Waals surface area contributed by atoms with Gasteiger partial charge in [-0.3, -0.25) is 4.98 Å². The SMILES string of the molecule is COc1ccccc1-c1cc(-c2ccccc2)c2ccc3c(-c4ccccc4)ccnc3c2n1. The Morgan fingerprint density at radius 3 is 1.88 bits per heavy atom. The Balaban J connectivity index is 1.71. The highest BCUT2D eigenvalue weighted by Crippen LogP contribution is 2.39. The molecular formula is C31H22N2O. The number of methoxy groups -OCH3 is 1. The molecule has 0 saturated heterocycles. The topological polar surface area (TPSA) is 35.0 Å². The molecule has 2 heterocycles. The number of benzene rings is 4. The van der Waals surface area contributed by atoms with Gasteiger partial charge in [-0.25, -0.2) is 4.98 Å². The van der Waals surface area contributed by atoms with Gasteiger partial charge in [-0.2, -0.15) is 0 Å². The summed E-state index contributed by atoms with van der Waals surface area (Å²) in [6.07, 6.45) is 1.88. The Morgan fingerprint density at radius 2 is 1.18 bits per heavy atom. The maximum Gasteiger partial charge on any atom is 0.128 e. The van der Waals surface area contributed by atoms with Gasteiger partial charge in [0.1, 0.15) is 5.75 Å². The number of para-hydroxylation sites is 1. The van der Waals surface area contributed by atoms with Crippen molar-refractivity contribution in [2.24, 2.45) is 0 Å². The first-order chi connectivity index (χ1) is 16.8. The Hall–Kier alpha value is -4.50. The number of ether oxygens (including phenoxy) is 1. The third kappa shape index (κ3) is 3.39. The van der Waals surface area contributed by atoms with E-state index in [-0.39, 0.29) is 0 Å². The summed E-state index contributed by atoms with van der Waals surface area (Å²) in [6, 6.07) is 37.5. The van der Waals surface area contributed by atoms with Crippen LogP contribution in [0.5, 0.6) is 5.75 Å². The highest BCUT2D eigenvalue weighted by Gasteiger charge is 2.16. The molecule has 0 spiro atoms. The predicted molar refractivity (Wildman–Crippen MR) is 140 cm³/mol. The highest BCUT2D eigenvalue weighted by molar-refractivity contribution is 6.12. The lowest BCUT2D eigenvalue weighted by Gasteiger charge is -2.15. The minimum atomic E-state index is 0.798. The molecule has 0 N–H and O–H groups in total. The zero-order chi connectivity index (χ0) is 22.9. The second-order valence-electron chi connectivity index (χ2n) is 8.20. The molecule has 3 nitrogen and oxygen atoms in total. The van der Waals surface area contributed by atoms with E-state index in [1.54, 1.807) is 7.11 Å². The summed E-state index contributed by atoms with van der Waals surface area (Å²) in [5, 5.41) is 2.17. The third-order valence-electron chi connectivity index (χ3n) is 6.24. The van der Waals surface area contributed by atoms with Gasteiger partial charge in [0.25, 0.3) is 0 Å². The number of hydrogen-bond acceptors (Lipinski definition) is 3. The highest BCUT2D eigenvalue weighted by atomic mass is 16.5. The van der Waals surface area contributed by atoms with Gasteiger partial charge < -0.3 is 4.74 Å². The smallest absolute Gasteiger partial charge is 0.128 e. The third-order valence-corrected chi connectivity index (χ3v) is 6.24. The molecule has 162 valence electrons. The van der Waals surface area contributed by atoms with Crippen LogP contribution in [-0.4, -0.2) is 17.1 Å². The van der Waals surface area contributed by atoms with Crippen LogP contribution in [0, 0.1) is 0 Å². The molecule has 0 aliphatic carbocycles. The van der Waals surface area contributed by atoms with E-state index >= 15 is 0 Å². The van der Waals surface area contributed by atoms with Crippen LogP contribution in [0.2, 0.25) is 0 Å². The summed E-state index contributed by atoms with van der Waals surface area (Å²) in [5.41, 5.74) is 8.19. The van der Waals surface area contributed by atoms with Crippen LogP contribution in [-0.2, 0) is 0 Å². The van der Waals surface area contributed by atoms with Crippen LogP contribution >= 0.6 is 0 Å². The zero-order valence-electron chi connectivity index (χ0n) is 18.8. The molecule has 0 amide bonds. The maximum atomic E-state index is 5.67. The first-order valence-electron chi connectivity index (χ1n) is 11.3. The average molecular weight is 439 g/mol. The molecule has 3 heteroatoms. The molecule has 0 radical (unpaired) electrons. The van der Waals surface area contributed by atoms with Crippen LogP contribution in [0.3, 0.4) is 0 Å². The van der Waals surface area contributed by atoms with E-state index in [9.17, 15) is 0 Å². The fourth-order valence-corrected chi connectivity index (χ4v) is 4.62. The summed E-state index contributed by atoms with van der Waals surface area (Å²) in [4.78, 5) is 9.97. The van der Waals surface area contributed by atoms with Gasteiger partial charge >= 0.3 is 0 Å². The van der Waals surface area contributed by atoms with Gasteiger partial charge in [0.2, 0.25) is 0 Å². The van der Waals surface area contributed by atoms with Gasteiger partial charge in [-0.1, -0.05) is 84.9 Å². The van der Waals surface area contributed by atoms with Crippen molar-refractivity contribution in [1.82, 2.24) is 9.97 Å². The molecule has 0 aliphatic rings. The Labute approximate surface area is 198 Å². The molecule has 0 aliphatic heterocycles. The Bertz CT molecular complexity index is 1630. The van der Waals surface area contributed by atoms with Gasteiger partial charge in [0, 0.05) is 22.5 Å². The van der Waals surface area contributed by atoms with E-state index in [0.29, 0.717) is 0 Å². The first kappa shape index (κ1) is 20.1. The van der Waals surface area contributed by atoms with E-state index in [4.69, 9.17) is 14.7 Å². The Morgan fingerprint density at radius 1 is 0.559 bits per heavy atom. The van der Waals surface area contributed by atoms with Crippen LogP contribution in [0.15, 0.2) is 115 Å². The van der Waals surface area contributed by atoms with E-state index in [0.717, 1.165) is 55.5 Å². The van der Waals surface area contributed by atoms with Crippen molar-refractivity contribution in [2.45, 2.75) is 0 Å². The number of pyridine rings is 2. The molecule has 0 fully saturated rings. The molecule has 0 saturated carbocycles. The number of nitrogens with zero attached hydrogens (tertiary/aromatic N) is 2. The van der Waals surface area contributed by atoms with Crippen LogP contribution in [0.1, 0.15) is 0 Å². The van der Waals surface area contributed by atoms with Crippen LogP contribution in [0.25, 0.3) is 55.3 Å². The van der Waals surface area contributed by atoms with Crippen molar-refractivity contribution < 1.29 is 4.74 Å². The summed E-state index contributed by atoms with van der Waals surface area (Å²) in [6.45, 7) is 0. The van der Waals surface area contributed by atoms with Crippen molar-refractivity contribution in [3.05, 3.63) is 115 Å². The Kier molecular flexibility index (Phi) is 5.00. The van der Waals surface area contributed by atoms with Crippen molar-refractivity contribution >= 4 is 21.8 Å². The van der Waals surface area contributed by atoms with Gasteiger partial charge in [0.05, 0.1) is 23.8 Å². The standard InChI is InChI=1S/C31H22N2O/c1-34-29-15-9-8-14-26(29)28-20-27(22-12-6-3-7-13-22)25-17-16-24-23(21-10-4-2-5-11-21)18-19-32-30(24)31(25)33-28/h2-20H,1H3. The quantitative estimate of drug-likeness (QED) is 0.263. The lowest BCUT2D eigenvalue weighted by Crippen LogP contribution is -1.95. The molecule has 2 aromatic heterocycles. The molecule has 0 atom stereocenters. The average Bonchev–Trinajstić information content (AvgIpc) is 2.93. The molecule has 0 bridgehead atoms. The lowest BCUT2D eigenvalue weighted by atomic mass is 9.95. The van der Waals surface area contributed by atoms with Gasteiger partial charge in [0.15, 0.2) is 0 Å². The number of rotatable bonds is 4. The van der Waals surface area contributed by atoms with Crippen molar-refractivity contribution in [1.29, 1.82) is 0 Å². The first-order valence-corrected chi connectivity index (χ1v) is 11.3. The van der Waals surface area contributed by atoms with Crippen LogP contribution < -0.4 is 4.74 Å². The van der Waals surface area contributed by atoms with Gasteiger partial charge in [-0.05, 0) is 46.5 Å². The fraction of sp³-hybridized carbons (Fsp3) is 0.0323. The number of fused-ring (bicyclic) bond motifs is 3. The van der Waals surface area contributed by atoms with E-state index in [2.05, 4.69) is 78.9 Å². The fourth-order valence-electron chi connectivity index (χ4n) is 4.62. The van der Waals surface area contributed by atoms with E-state index < -0.39 is 0 Å². The minimum Gasteiger partial charge on any atom is -0.496 e. The van der Waals surface area contributed by atoms with Gasteiger partial charge in [-0.15, -0.1) is 0 Å². The lowest BCUT2D eigenvalue weighted by molar-refractivity contribution is 0.416. The minimum absolute atomic E-state index is 0.798. The molecular weight excluding hydrogens is 416 g/mol. The molecule has 0 unspecified atom stereocenters. The number of hydrogen-bond donors (Lipinski definition) is 0. The molecule has 4 aromatic carbocycles. The monoisotopic (exact) mass is 438 g/mol. The van der Waals surface area contributed by atoms with Crippen LogP contribution in [0.4, 0.5) is 0 Å². The summed E-state index contributed by atoms with van der Waals surface area (Å²) < 4.78 is 5.67. The van der Waals surface area contributed by atoms with Crippen molar-refractivity contribution in [2.75, 3.05) is 7.11 Å². The largest absolute Gasteiger partial charge is 0.496 e. The second-order valence-corrected chi connectivity index (χ2v) is 8.20. The molecule has 34 heavy (non-hydrogen) atoms. The maximum absolute atomic E-state index is 5.67. The van der Waals surface area contributed by atoms with Crippen molar-refractivity contribution in [3.8, 4) is 39.3 Å².